The number of aromatic nitrogens is 17. The Hall–Kier alpha value is -11.6. The maximum atomic E-state index is 12.3. The monoisotopic (exact) mass is 1110 g/mol. The maximum absolute atomic E-state index is 12.3. The van der Waals surface area contributed by atoms with Gasteiger partial charge in [0.25, 0.3) is 5.91 Å². The first-order valence-corrected chi connectivity index (χ1v) is 26.4. The molecule has 12 aromatic rings. The Kier molecular flexibility index (Phi) is 15.6. The number of nitrogens with one attached hydrogen (secondary N) is 10. The van der Waals surface area contributed by atoms with E-state index in [1.54, 1.807) is 74.5 Å². The Morgan fingerprint density at radius 2 is 1.01 bits per heavy atom. The van der Waals surface area contributed by atoms with Gasteiger partial charge < -0.3 is 40.8 Å². The number of H-pyrrole nitrogens is 3. The zero-order valence-electron chi connectivity index (χ0n) is 44.9. The van der Waals surface area contributed by atoms with E-state index in [-0.39, 0.29) is 30.0 Å². The molecule has 1 fully saturated rings. The van der Waals surface area contributed by atoms with Gasteiger partial charge in [0.05, 0.1) is 39.3 Å². The average Bonchev–Trinajstić information content (AvgIpc) is 4.04. The van der Waals surface area contributed by atoms with Crippen LogP contribution in [-0.2, 0) is 0 Å². The van der Waals surface area contributed by atoms with Crippen LogP contribution in [0.3, 0.4) is 0 Å². The molecular formula is C55H54N24O4. The summed E-state index contributed by atoms with van der Waals surface area (Å²) in [6.45, 7) is 7.12. The number of rotatable bonds is 14. The van der Waals surface area contributed by atoms with Crippen LogP contribution in [0.5, 0.6) is 0 Å². The number of imidazole rings is 4. The van der Waals surface area contributed by atoms with Crippen molar-refractivity contribution in [3.05, 3.63) is 153 Å². The summed E-state index contributed by atoms with van der Waals surface area (Å²) in [5, 5.41) is 32.0. The zero-order chi connectivity index (χ0) is 57.2. The Bertz CT molecular complexity index is 4010. The highest BCUT2D eigenvalue weighted by Gasteiger charge is 2.25. The van der Waals surface area contributed by atoms with Crippen LogP contribution < -0.4 is 37.2 Å². The van der Waals surface area contributed by atoms with E-state index in [1.165, 1.54) is 6.33 Å². The number of fused-ring (bicyclic) bond motifs is 3. The molecular weight excluding hydrogens is 1060 g/mol. The quantitative estimate of drug-likeness (QED) is 0.0512. The van der Waals surface area contributed by atoms with Crippen molar-refractivity contribution in [1.82, 2.24) is 105 Å². The summed E-state index contributed by atoms with van der Waals surface area (Å²) in [5.74, 6) is 0.884. The molecule has 0 spiro atoms. The second kappa shape index (κ2) is 24.2. The largest absolute Gasteiger partial charge is 0.348 e. The molecule has 1 saturated carbocycles. The van der Waals surface area contributed by atoms with Gasteiger partial charge in [-0.15, -0.1) is 0 Å². The molecule has 1 aliphatic carbocycles. The minimum Gasteiger partial charge on any atom is -0.348 e. The van der Waals surface area contributed by atoms with Crippen LogP contribution in [0.1, 0.15) is 44.1 Å². The van der Waals surface area contributed by atoms with Crippen molar-refractivity contribution in [3.63, 3.8) is 0 Å². The Balaban J connectivity index is 0.000000131. The van der Waals surface area contributed by atoms with E-state index in [1.807, 2.05) is 106 Å². The van der Waals surface area contributed by atoms with Crippen molar-refractivity contribution in [2.75, 3.05) is 35.6 Å². The lowest BCUT2D eigenvalue weighted by Gasteiger charge is -2.07. The van der Waals surface area contributed by atoms with Crippen molar-refractivity contribution < 1.29 is 19.2 Å². The molecule has 28 nitrogen and oxygen atoms in total. The zero-order valence-corrected chi connectivity index (χ0v) is 44.9. The third-order valence-corrected chi connectivity index (χ3v) is 12.6. The molecule has 10 N–H and O–H groups in total. The third-order valence-electron chi connectivity index (χ3n) is 12.6. The summed E-state index contributed by atoms with van der Waals surface area (Å²) in [6, 6.07) is 20.4. The lowest BCUT2D eigenvalue weighted by Crippen LogP contribution is -2.28. The topological polar surface area (TPSA) is 348 Å². The van der Waals surface area contributed by atoms with Gasteiger partial charge in [0.1, 0.15) is 34.9 Å². The van der Waals surface area contributed by atoms with Gasteiger partial charge in [-0.25, -0.2) is 58.3 Å². The van der Waals surface area contributed by atoms with Gasteiger partial charge in [-0.05, 0) is 105 Å². The van der Waals surface area contributed by atoms with Crippen LogP contribution in [0, 0.1) is 0 Å². The van der Waals surface area contributed by atoms with Crippen molar-refractivity contribution in [2.45, 2.75) is 39.7 Å². The highest BCUT2D eigenvalue weighted by Crippen LogP contribution is 2.32. The fourth-order valence-corrected chi connectivity index (χ4v) is 8.69. The number of pyridine rings is 1. The first-order chi connectivity index (χ1) is 40.6. The average molecular weight is 1120 g/mol. The van der Waals surface area contributed by atoms with Crippen LogP contribution in [0.15, 0.2) is 148 Å². The molecule has 0 radical (unpaired) electrons. The number of urea groups is 3. The SMILES string of the molecule is CCNC(=O)Nc1nc2c(-n3cccn3)cc(-c3cccnc3)cc2[nH]1.CCNC(=O)Nc1nc2c(-n3cccn3)cc(-c3cncnc3)cc2[nH]1.CCNC(=O)Nc1nc2c(-n3cccn3)cc(-n3cnc(C(=O)NC4CC4)c3)cc2[nH]1. The molecule has 9 heterocycles. The van der Waals surface area contributed by atoms with E-state index in [0.717, 1.165) is 68.9 Å². The molecule has 0 bridgehead atoms. The number of carbonyl (C=O) groups excluding carboxylic acids is 4. The smallest absolute Gasteiger partial charge is 0.321 e. The summed E-state index contributed by atoms with van der Waals surface area (Å²) in [7, 11) is 0. The van der Waals surface area contributed by atoms with Crippen LogP contribution in [0.2, 0.25) is 0 Å². The number of carbonyl (C=O) groups is 4. The fraction of sp³-hybridized carbons (Fsp3) is 0.164. The summed E-state index contributed by atoms with van der Waals surface area (Å²) in [5.41, 5.74) is 11.5. The van der Waals surface area contributed by atoms with Gasteiger partial charge >= 0.3 is 18.1 Å². The van der Waals surface area contributed by atoms with Crippen molar-refractivity contribution in [2.24, 2.45) is 0 Å². The molecule has 28 heteroatoms. The van der Waals surface area contributed by atoms with E-state index in [2.05, 4.69) is 102 Å². The number of amides is 7. The molecule has 0 unspecified atom stereocenters. The minimum atomic E-state index is -0.344. The Morgan fingerprint density at radius 3 is 1.46 bits per heavy atom. The minimum absolute atomic E-state index is 0.176. The summed E-state index contributed by atoms with van der Waals surface area (Å²) >= 11 is 0. The summed E-state index contributed by atoms with van der Waals surface area (Å²) in [4.78, 5) is 87.3. The predicted octanol–water partition coefficient (Wildman–Crippen LogP) is 7.27. The predicted molar refractivity (Wildman–Crippen MR) is 310 cm³/mol. The molecule has 7 amide bonds. The van der Waals surface area contributed by atoms with Crippen molar-refractivity contribution in [1.29, 1.82) is 0 Å². The van der Waals surface area contributed by atoms with Crippen molar-refractivity contribution in [3.8, 4) is 45.0 Å². The van der Waals surface area contributed by atoms with Crippen molar-refractivity contribution >= 4 is 74.9 Å². The Morgan fingerprint density at radius 1 is 0.542 bits per heavy atom. The lowest BCUT2D eigenvalue weighted by atomic mass is 10.1. The van der Waals surface area contributed by atoms with Crippen LogP contribution in [0.25, 0.3) is 78.1 Å². The molecule has 0 saturated heterocycles. The van der Waals surface area contributed by atoms with Crippen LogP contribution in [-0.4, -0.2) is 133 Å². The number of nitrogens with zero attached hydrogens (tertiary/aromatic N) is 14. The number of benzene rings is 3. The van der Waals surface area contributed by atoms with Gasteiger partial charge in [-0.3, -0.25) is 25.7 Å². The number of hydrogen-bond donors (Lipinski definition) is 10. The van der Waals surface area contributed by atoms with Gasteiger partial charge in [0.2, 0.25) is 17.8 Å². The van der Waals surface area contributed by atoms with Gasteiger partial charge in [0, 0.05) is 105 Å². The molecule has 0 aliphatic heterocycles. The molecule has 1 aliphatic rings. The number of aromatic amines is 3. The third kappa shape index (κ3) is 12.5. The summed E-state index contributed by atoms with van der Waals surface area (Å²) in [6.07, 6.45) is 24.4. The number of anilines is 3. The molecule has 0 atom stereocenters. The standard InChI is InChI=1S/C20H21N9O2.C18H17N7O.C17H16N8O/c1-2-21-20(31)27-19-25-14-8-13(9-16(17(14)26-19)29-7-3-6-23-29)28-10-15(22-11-28)18(30)24-12-4-5-12;1-2-20-18(26)24-17-22-14-9-13(12-5-3-6-19-11-12)10-15(16(14)23-17)25-8-4-7-21-25;1-2-20-17(26)24-16-22-13-6-11(12-8-18-10-19-9-12)7-14(15(13)23-16)25-5-3-4-21-25/h3,6-12H,2,4-5H2,1H3,(H,24,30)(H3,21,25,26,27,31);3-11H,2H2,1H3,(H3,20,22,23,24,26);3-10H,2H2,1H3,(H3,20,22,23,24,26). The first kappa shape index (κ1) is 53.4. The van der Waals surface area contributed by atoms with E-state index in [4.69, 9.17) is 0 Å². The lowest BCUT2D eigenvalue weighted by molar-refractivity contribution is 0.0946. The van der Waals surface area contributed by atoms with E-state index in [0.29, 0.717) is 65.2 Å². The maximum Gasteiger partial charge on any atom is 0.321 e. The fourth-order valence-electron chi connectivity index (χ4n) is 8.69. The molecule has 83 heavy (non-hydrogen) atoms. The number of hydrogen-bond acceptors (Lipinski definition) is 14. The van der Waals surface area contributed by atoms with E-state index >= 15 is 0 Å². The Labute approximate surface area is 471 Å². The molecule has 3 aromatic carbocycles. The molecule has 9 aromatic heterocycles. The van der Waals surface area contributed by atoms with Gasteiger partial charge in [-0.1, -0.05) is 6.07 Å². The van der Waals surface area contributed by atoms with Crippen LogP contribution >= 0.6 is 0 Å². The van der Waals surface area contributed by atoms with Crippen LogP contribution in [0.4, 0.5) is 32.2 Å². The normalized spacial score (nSPS) is 11.7. The first-order valence-electron chi connectivity index (χ1n) is 26.4. The van der Waals surface area contributed by atoms with Gasteiger partial charge in [-0.2, -0.15) is 15.3 Å². The summed E-state index contributed by atoms with van der Waals surface area (Å²) < 4.78 is 6.94. The molecule has 418 valence electrons. The molecule has 13 rings (SSSR count). The highest BCUT2D eigenvalue weighted by atomic mass is 16.2. The van der Waals surface area contributed by atoms with E-state index < -0.39 is 0 Å². The van der Waals surface area contributed by atoms with E-state index in [9.17, 15) is 19.2 Å². The second-order valence-corrected chi connectivity index (χ2v) is 18.5. The highest BCUT2D eigenvalue weighted by molar-refractivity contribution is 5.97. The van der Waals surface area contributed by atoms with Gasteiger partial charge in [0.15, 0.2) is 0 Å². The second-order valence-electron chi connectivity index (χ2n) is 18.5.